The molecule has 1 fully saturated rings. The third-order valence-electron chi connectivity index (χ3n) is 3.28. The number of carbonyl (C=O) groups excluding carboxylic acids is 2. The molecule has 0 saturated carbocycles. The van der Waals surface area contributed by atoms with Gasteiger partial charge in [0.2, 0.25) is 11.8 Å². The Kier molecular flexibility index (Phi) is 4.61. The molecule has 2 rings (SSSR count). The van der Waals surface area contributed by atoms with E-state index in [9.17, 15) is 9.59 Å². The summed E-state index contributed by atoms with van der Waals surface area (Å²) in [6.07, 6.45) is 5.78. The molecule has 1 N–H and O–H groups in total. The second-order valence-corrected chi connectivity index (χ2v) is 5.40. The number of hydrogen-bond donors (Lipinski definition) is 1. The van der Waals surface area contributed by atoms with Crippen LogP contribution in [0.3, 0.4) is 0 Å². The first kappa shape index (κ1) is 15.1. The Hall–Kier alpha value is -2.32. The standard InChI is InChI=1S/C16H19N3O2/c1-4-12-9-16(21)19(10-12)14-7-5-13(6-8-14)17-15(20)11-18(2)3/h1,5-8,12H,9-11H2,2-3H3,(H,17,20). The molecule has 5 nitrogen and oxygen atoms in total. The molecule has 1 aromatic rings. The largest absolute Gasteiger partial charge is 0.325 e. The summed E-state index contributed by atoms with van der Waals surface area (Å²) in [5.41, 5.74) is 1.52. The van der Waals surface area contributed by atoms with Crippen molar-refractivity contribution in [2.75, 3.05) is 37.4 Å². The number of likely N-dealkylation sites (N-methyl/N-ethyl adjacent to an activating group) is 1. The first-order chi connectivity index (χ1) is 9.99. The van der Waals surface area contributed by atoms with E-state index in [1.165, 1.54) is 0 Å². The summed E-state index contributed by atoms with van der Waals surface area (Å²) in [6, 6.07) is 7.23. The van der Waals surface area contributed by atoms with Crippen LogP contribution in [0.4, 0.5) is 11.4 Å². The molecule has 0 spiro atoms. The van der Waals surface area contributed by atoms with Crippen molar-refractivity contribution in [1.29, 1.82) is 0 Å². The van der Waals surface area contributed by atoms with Gasteiger partial charge in [-0.2, -0.15) is 0 Å². The van der Waals surface area contributed by atoms with E-state index in [4.69, 9.17) is 6.42 Å². The minimum absolute atomic E-state index is 0.0167. The van der Waals surface area contributed by atoms with Crippen molar-refractivity contribution in [2.24, 2.45) is 5.92 Å². The van der Waals surface area contributed by atoms with Crippen LogP contribution in [0.15, 0.2) is 24.3 Å². The summed E-state index contributed by atoms with van der Waals surface area (Å²) < 4.78 is 0. The van der Waals surface area contributed by atoms with Crippen LogP contribution in [0.2, 0.25) is 0 Å². The van der Waals surface area contributed by atoms with E-state index in [1.807, 2.05) is 26.2 Å². The van der Waals surface area contributed by atoms with Crippen molar-refractivity contribution in [1.82, 2.24) is 4.90 Å². The van der Waals surface area contributed by atoms with E-state index < -0.39 is 0 Å². The van der Waals surface area contributed by atoms with Crippen LogP contribution in [-0.2, 0) is 9.59 Å². The van der Waals surface area contributed by atoms with Crippen molar-refractivity contribution in [3.8, 4) is 12.3 Å². The molecule has 1 unspecified atom stereocenters. The molecule has 2 amide bonds. The molecule has 1 aromatic carbocycles. The number of nitrogens with one attached hydrogen (secondary N) is 1. The number of carbonyl (C=O) groups is 2. The molecule has 0 radical (unpaired) electrons. The molecule has 1 aliphatic heterocycles. The number of amides is 2. The maximum Gasteiger partial charge on any atom is 0.238 e. The van der Waals surface area contributed by atoms with Gasteiger partial charge in [0, 0.05) is 30.3 Å². The molecule has 21 heavy (non-hydrogen) atoms. The number of nitrogens with zero attached hydrogens (tertiary/aromatic N) is 2. The Balaban J connectivity index is 2.01. The summed E-state index contributed by atoms with van der Waals surface area (Å²) in [5.74, 6) is 2.58. The van der Waals surface area contributed by atoms with Crippen LogP contribution in [0.1, 0.15) is 6.42 Å². The Bertz CT molecular complexity index is 572. The quantitative estimate of drug-likeness (QED) is 0.845. The summed E-state index contributed by atoms with van der Waals surface area (Å²) in [4.78, 5) is 27.0. The van der Waals surface area contributed by atoms with Gasteiger partial charge in [-0.1, -0.05) is 0 Å². The predicted molar refractivity (Wildman–Crippen MR) is 82.9 cm³/mol. The van der Waals surface area contributed by atoms with Gasteiger partial charge in [0.25, 0.3) is 0 Å². The molecule has 0 aliphatic carbocycles. The number of rotatable bonds is 4. The Labute approximate surface area is 124 Å². The predicted octanol–water partition coefficient (Wildman–Crippen LogP) is 1.17. The summed E-state index contributed by atoms with van der Waals surface area (Å²) >= 11 is 0. The van der Waals surface area contributed by atoms with Crippen molar-refractivity contribution in [3.05, 3.63) is 24.3 Å². The minimum atomic E-state index is -0.0719. The van der Waals surface area contributed by atoms with Gasteiger partial charge in [-0.05, 0) is 38.4 Å². The first-order valence-electron chi connectivity index (χ1n) is 6.80. The van der Waals surface area contributed by atoms with Gasteiger partial charge in [-0.3, -0.25) is 9.59 Å². The molecule has 1 saturated heterocycles. The van der Waals surface area contributed by atoms with E-state index in [0.29, 0.717) is 25.2 Å². The Morgan fingerprint density at radius 3 is 2.62 bits per heavy atom. The van der Waals surface area contributed by atoms with Gasteiger partial charge in [0.1, 0.15) is 0 Å². The zero-order valence-electron chi connectivity index (χ0n) is 12.3. The first-order valence-corrected chi connectivity index (χ1v) is 6.80. The van der Waals surface area contributed by atoms with Crippen molar-refractivity contribution in [3.63, 3.8) is 0 Å². The normalized spacial score (nSPS) is 17.9. The van der Waals surface area contributed by atoms with Gasteiger partial charge in [0.05, 0.1) is 6.54 Å². The summed E-state index contributed by atoms with van der Waals surface area (Å²) in [7, 11) is 3.67. The zero-order valence-corrected chi connectivity index (χ0v) is 12.3. The molecular formula is C16H19N3O2. The third-order valence-corrected chi connectivity index (χ3v) is 3.28. The number of hydrogen-bond acceptors (Lipinski definition) is 3. The fourth-order valence-electron chi connectivity index (χ4n) is 2.28. The average molecular weight is 285 g/mol. The zero-order chi connectivity index (χ0) is 15.4. The van der Waals surface area contributed by atoms with Gasteiger partial charge in [0.15, 0.2) is 0 Å². The number of terminal acetylenes is 1. The molecule has 110 valence electrons. The average Bonchev–Trinajstić information content (AvgIpc) is 2.80. The smallest absolute Gasteiger partial charge is 0.238 e. The van der Waals surface area contributed by atoms with Crippen molar-refractivity contribution >= 4 is 23.2 Å². The topological polar surface area (TPSA) is 52.7 Å². The highest BCUT2D eigenvalue weighted by atomic mass is 16.2. The molecule has 1 atom stereocenters. The highest BCUT2D eigenvalue weighted by Crippen LogP contribution is 2.25. The van der Waals surface area contributed by atoms with Gasteiger partial charge < -0.3 is 15.1 Å². The summed E-state index contributed by atoms with van der Waals surface area (Å²) in [6.45, 7) is 0.887. The lowest BCUT2D eigenvalue weighted by Crippen LogP contribution is -2.27. The van der Waals surface area contributed by atoms with Gasteiger partial charge in [-0.15, -0.1) is 12.3 Å². The van der Waals surface area contributed by atoms with E-state index in [1.54, 1.807) is 21.9 Å². The molecule has 5 heteroatoms. The lowest BCUT2D eigenvalue weighted by atomic mass is 10.1. The Morgan fingerprint density at radius 1 is 1.43 bits per heavy atom. The molecule has 1 aliphatic rings. The van der Waals surface area contributed by atoms with Crippen LogP contribution >= 0.6 is 0 Å². The molecule has 0 bridgehead atoms. The SMILES string of the molecule is C#CC1CC(=O)N(c2ccc(NC(=O)CN(C)C)cc2)C1. The second-order valence-electron chi connectivity index (χ2n) is 5.40. The van der Waals surface area contributed by atoms with Gasteiger partial charge >= 0.3 is 0 Å². The van der Waals surface area contributed by atoms with E-state index in [2.05, 4.69) is 11.2 Å². The van der Waals surface area contributed by atoms with Crippen molar-refractivity contribution < 1.29 is 9.59 Å². The van der Waals surface area contributed by atoms with Crippen LogP contribution in [0.5, 0.6) is 0 Å². The molecule has 0 aromatic heterocycles. The second kappa shape index (κ2) is 6.42. The van der Waals surface area contributed by atoms with Crippen LogP contribution in [-0.4, -0.2) is 43.9 Å². The fraction of sp³-hybridized carbons (Fsp3) is 0.375. The van der Waals surface area contributed by atoms with E-state index >= 15 is 0 Å². The lowest BCUT2D eigenvalue weighted by molar-refractivity contribution is -0.117. The highest BCUT2D eigenvalue weighted by Gasteiger charge is 2.29. The highest BCUT2D eigenvalue weighted by molar-refractivity contribution is 5.97. The molecule has 1 heterocycles. The third kappa shape index (κ3) is 3.83. The van der Waals surface area contributed by atoms with Crippen LogP contribution < -0.4 is 10.2 Å². The van der Waals surface area contributed by atoms with E-state index in [0.717, 1.165) is 5.69 Å². The maximum atomic E-state index is 11.9. The minimum Gasteiger partial charge on any atom is -0.325 e. The summed E-state index contributed by atoms with van der Waals surface area (Å²) in [5, 5.41) is 2.81. The van der Waals surface area contributed by atoms with Gasteiger partial charge in [-0.25, -0.2) is 0 Å². The van der Waals surface area contributed by atoms with Crippen LogP contribution in [0.25, 0.3) is 0 Å². The van der Waals surface area contributed by atoms with Crippen molar-refractivity contribution in [2.45, 2.75) is 6.42 Å². The lowest BCUT2D eigenvalue weighted by Gasteiger charge is -2.16. The monoisotopic (exact) mass is 285 g/mol. The maximum absolute atomic E-state index is 11.9. The van der Waals surface area contributed by atoms with Crippen LogP contribution in [0, 0.1) is 18.3 Å². The number of benzene rings is 1. The molecular weight excluding hydrogens is 266 g/mol. The number of anilines is 2. The van der Waals surface area contributed by atoms with E-state index in [-0.39, 0.29) is 17.7 Å². The fourth-order valence-corrected chi connectivity index (χ4v) is 2.28. The Morgan fingerprint density at radius 2 is 2.10 bits per heavy atom.